The summed E-state index contributed by atoms with van der Waals surface area (Å²) in [7, 11) is 0. The van der Waals surface area contributed by atoms with Crippen molar-refractivity contribution in [2.45, 2.75) is 6.42 Å². The molecule has 1 aromatic heterocycles. The van der Waals surface area contributed by atoms with Crippen molar-refractivity contribution < 1.29 is 9.31 Å². The van der Waals surface area contributed by atoms with E-state index in [9.17, 15) is 14.5 Å². The number of rotatable bonds is 5. The summed E-state index contributed by atoms with van der Waals surface area (Å²) in [6.45, 7) is 0.402. The molecule has 5 nitrogen and oxygen atoms in total. The normalized spacial score (nSPS) is 10.3. The Morgan fingerprint density at radius 1 is 1.40 bits per heavy atom. The van der Waals surface area contributed by atoms with Crippen molar-refractivity contribution in [3.05, 3.63) is 63.2 Å². The fraction of sp³-hybridized carbons (Fsp3) is 0.154. The van der Waals surface area contributed by atoms with Crippen molar-refractivity contribution in [3.63, 3.8) is 0 Å². The van der Waals surface area contributed by atoms with Gasteiger partial charge in [0.15, 0.2) is 0 Å². The second kappa shape index (κ2) is 6.29. The molecule has 20 heavy (non-hydrogen) atoms. The number of nitro benzene ring substituents is 1. The molecular formula is C13H11ClFN3O2. The summed E-state index contributed by atoms with van der Waals surface area (Å²) in [6.07, 6.45) is 2.24. The number of halogens is 2. The molecule has 2 rings (SSSR count). The van der Waals surface area contributed by atoms with Gasteiger partial charge in [-0.2, -0.15) is 0 Å². The summed E-state index contributed by atoms with van der Waals surface area (Å²) in [5.41, 5.74) is 0.697. The molecule has 2 aromatic rings. The maximum atomic E-state index is 13.4. The van der Waals surface area contributed by atoms with Gasteiger partial charge < -0.3 is 5.32 Å². The highest BCUT2D eigenvalue weighted by Crippen LogP contribution is 2.30. The Balaban J connectivity index is 2.09. The summed E-state index contributed by atoms with van der Waals surface area (Å²) in [6, 6.07) is 7.53. The van der Waals surface area contributed by atoms with Crippen LogP contribution in [0.25, 0.3) is 0 Å². The number of anilines is 1. The van der Waals surface area contributed by atoms with Crippen LogP contribution < -0.4 is 5.32 Å². The number of benzene rings is 1. The highest BCUT2D eigenvalue weighted by atomic mass is 35.5. The van der Waals surface area contributed by atoms with Crippen LogP contribution in [0.4, 0.5) is 15.8 Å². The van der Waals surface area contributed by atoms with Gasteiger partial charge in [0.25, 0.3) is 5.69 Å². The SMILES string of the molecule is O=[N+]([O-])c1cc(Cl)c(F)cc1NCCc1ccccn1. The van der Waals surface area contributed by atoms with E-state index >= 15 is 0 Å². The van der Waals surface area contributed by atoms with Crippen molar-refractivity contribution in [2.75, 3.05) is 11.9 Å². The molecule has 0 radical (unpaired) electrons. The van der Waals surface area contributed by atoms with Crippen molar-refractivity contribution in [3.8, 4) is 0 Å². The summed E-state index contributed by atoms with van der Waals surface area (Å²) in [5, 5.41) is 13.5. The molecule has 0 aliphatic rings. The molecule has 0 atom stereocenters. The molecule has 0 saturated carbocycles. The number of aromatic nitrogens is 1. The van der Waals surface area contributed by atoms with Crippen LogP contribution in [0.5, 0.6) is 0 Å². The monoisotopic (exact) mass is 295 g/mol. The smallest absolute Gasteiger partial charge is 0.294 e. The van der Waals surface area contributed by atoms with E-state index < -0.39 is 10.7 Å². The fourth-order valence-corrected chi connectivity index (χ4v) is 1.86. The first kappa shape index (κ1) is 14.2. The topological polar surface area (TPSA) is 68.1 Å². The lowest BCUT2D eigenvalue weighted by Gasteiger charge is -2.07. The average Bonchev–Trinajstić information content (AvgIpc) is 2.43. The lowest BCUT2D eigenvalue weighted by atomic mass is 10.2. The van der Waals surface area contributed by atoms with Crippen molar-refractivity contribution >= 4 is 23.0 Å². The van der Waals surface area contributed by atoms with Crippen LogP contribution in [0, 0.1) is 15.9 Å². The Kier molecular flexibility index (Phi) is 4.47. The Morgan fingerprint density at radius 2 is 2.20 bits per heavy atom. The predicted octanol–water partition coefficient (Wildman–Crippen LogP) is 3.44. The second-order valence-electron chi connectivity index (χ2n) is 4.04. The van der Waals surface area contributed by atoms with Crippen LogP contribution in [-0.2, 0) is 6.42 Å². The van der Waals surface area contributed by atoms with E-state index in [0.717, 1.165) is 17.8 Å². The molecule has 1 aromatic carbocycles. The van der Waals surface area contributed by atoms with Gasteiger partial charge in [0, 0.05) is 37.0 Å². The molecule has 1 heterocycles. The molecule has 0 unspecified atom stereocenters. The van der Waals surface area contributed by atoms with E-state index in [2.05, 4.69) is 10.3 Å². The summed E-state index contributed by atoms with van der Waals surface area (Å²) in [5.74, 6) is -0.697. The molecule has 0 fully saturated rings. The largest absolute Gasteiger partial charge is 0.379 e. The molecule has 7 heteroatoms. The van der Waals surface area contributed by atoms with Crippen molar-refractivity contribution in [1.29, 1.82) is 0 Å². The first-order valence-corrected chi connectivity index (χ1v) is 6.23. The quantitative estimate of drug-likeness (QED) is 0.678. The van der Waals surface area contributed by atoms with E-state index in [1.807, 2.05) is 12.1 Å². The summed E-state index contributed by atoms with van der Waals surface area (Å²) < 4.78 is 13.4. The molecule has 0 aliphatic heterocycles. The minimum atomic E-state index is -0.697. The summed E-state index contributed by atoms with van der Waals surface area (Å²) >= 11 is 5.54. The maximum Gasteiger partial charge on any atom is 0.294 e. The first-order valence-electron chi connectivity index (χ1n) is 5.85. The van der Waals surface area contributed by atoms with E-state index in [0.29, 0.717) is 13.0 Å². The van der Waals surface area contributed by atoms with Gasteiger partial charge in [-0.05, 0) is 12.1 Å². The summed E-state index contributed by atoms with van der Waals surface area (Å²) in [4.78, 5) is 14.4. The number of hydrogen-bond acceptors (Lipinski definition) is 4. The van der Waals surface area contributed by atoms with E-state index in [1.165, 1.54) is 0 Å². The zero-order chi connectivity index (χ0) is 14.5. The van der Waals surface area contributed by atoms with Gasteiger partial charge in [-0.3, -0.25) is 15.1 Å². The van der Waals surface area contributed by atoms with Gasteiger partial charge in [0.05, 0.1) is 9.95 Å². The minimum Gasteiger partial charge on any atom is -0.379 e. The van der Waals surface area contributed by atoms with Gasteiger partial charge in [0.2, 0.25) is 0 Å². The predicted molar refractivity (Wildman–Crippen MR) is 74.5 cm³/mol. The third kappa shape index (κ3) is 3.42. The Bertz CT molecular complexity index is 623. The average molecular weight is 296 g/mol. The van der Waals surface area contributed by atoms with Gasteiger partial charge in [0.1, 0.15) is 11.5 Å². The third-order valence-electron chi connectivity index (χ3n) is 2.66. The van der Waals surface area contributed by atoms with Gasteiger partial charge in [-0.15, -0.1) is 0 Å². The van der Waals surface area contributed by atoms with E-state index in [1.54, 1.807) is 12.3 Å². The van der Waals surface area contributed by atoms with Crippen LogP contribution in [0.3, 0.4) is 0 Å². The molecule has 0 bridgehead atoms. The van der Waals surface area contributed by atoms with E-state index in [-0.39, 0.29) is 16.4 Å². The highest BCUT2D eigenvalue weighted by Gasteiger charge is 2.17. The number of nitrogens with zero attached hydrogens (tertiary/aromatic N) is 2. The molecular weight excluding hydrogens is 285 g/mol. The maximum absolute atomic E-state index is 13.4. The molecule has 0 amide bonds. The highest BCUT2D eigenvalue weighted by molar-refractivity contribution is 6.31. The molecule has 0 spiro atoms. The van der Waals surface area contributed by atoms with Crippen LogP contribution >= 0.6 is 11.6 Å². The van der Waals surface area contributed by atoms with Gasteiger partial charge in [-0.25, -0.2) is 4.39 Å². The van der Waals surface area contributed by atoms with Crippen molar-refractivity contribution in [1.82, 2.24) is 4.98 Å². The minimum absolute atomic E-state index is 0.104. The van der Waals surface area contributed by atoms with Crippen LogP contribution in [0.2, 0.25) is 5.02 Å². The third-order valence-corrected chi connectivity index (χ3v) is 2.95. The fourth-order valence-electron chi connectivity index (χ4n) is 1.70. The number of hydrogen-bond donors (Lipinski definition) is 1. The molecule has 1 N–H and O–H groups in total. The standard InChI is InChI=1S/C13H11ClFN3O2/c14-10-7-13(18(19)20)12(8-11(10)15)17-6-4-9-3-1-2-5-16-9/h1-3,5,7-8,17H,4,6H2. The van der Waals surface area contributed by atoms with Crippen LogP contribution in [0.15, 0.2) is 36.5 Å². The van der Waals surface area contributed by atoms with Gasteiger partial charge in [-0.1, -0.05) is 17.7 Å². The molecule has 0 saturated heterocycles. The lowest BCUT2D eigenvalue weighted by Crippen LogP contribution is -2.08. The van der Waals surface area contributed by atoms with Gasteiger partial charge >= 0.3 is 0 Å². The lowest BCUT2D eigenvalue weighted by molar-refractivity contribution is -0.384. The zero-order valence-electron chi connectivity index (χ0n) is 10.3. The van der Waals surface area contributed by atoms with E-state index in [4.69, 9.17) is 11.6 Å². The van der Waals surface area contributed by atoms with Crippen molar-refractivity contribution in [2.24, 2.45) is 0 Å². The molecule has 104 valence electrons. The number of nitrogens with one attached hydrogen (secondary N) is 1. The molecule has 0 aliphatic carbocycles. The van der Waals surface area contributed by atoms with Crippen LogP contribution in [0.1, 0.15) is 5.69 Å². The Hall–Kier alpha value is -2.21. The van der Waals surface area contributed by atoms with Crippen LogP contribution in [-0.4, -0.2) is 16.5 Å². The Labute approximate surface area is 119 Å². The number of nitro groups is 1. The first-order chi connectivity index (χ1) is 9.58. The Morgan fingerprint density at radius 3 is 2.85 bits per heavy atom. The second-order valence-corrected chi connectivity index (χ2v) is 4.45. The zero-order valence-corrected chi connectivity index (χ0v) is 11.1. The number of pyridine rings is 1.